The Hall–Kier alpha value is -2.00. The molecule has 2 unspecified atom stereocenters. The molecule has 0 saturated heterocycles. The Balaban J connectivity index is 2.20. The Morgan fingerprint density at radius 2 is 1.71 bits per heavy atom. The summed E-state index contributed by atoms with van der Waals surface area (Å²) < 4.78 is 6.18. The highest BCUT2D eigenvalue weighted by molar-refractivity contribution is 5.49. The van der Waals surface area contributed by atoms with Crippen LogP contribution in [0.5, 0.6) is 5.75 Å². The topological polar surface area (TPSA) is 56.8 Å². The van der Waals surface area contributed by atoms with Crippen LogP contribution in [-0.2, 0) is 0 Å². The third-order valence-corrected chi connectivity index (χ3v) is 4.33. The van der Waals surface area contributed by atoms with Crippen molar-refractivity contribution >= 4 is 0 Å². The molecule has 2 rings (SSSR count). The van der Waals surface area contributed by atoms with Crippen LogP contribution < -0.4 is 4.74 Å². The maximum atomic E-state index is 9.10. The van der Waals surface area contributed by atoms with Gasteiger partial charge in [-0.2, -0.15) is 10.5 Å². The fourth-order valence-corrected chi connectivity index (χ4v) is 3.19. The van der Waals surface area contributed by atoms with Crippen molar-refractivity contribution < 1.29 is 4.74 Å². The van der Waals surface area contributed by atoms with Crippen LogP contribution in [0.4, 0.5) is 0 Å². The fourth-order valence-electron chi connectivity index (χ4n) is 3.19. The monoisotopic (exact) mass is 282 g/mol. The van der Waals surface area contributed by atoms with E-state index in [9.17, 15) is 0 Å². The normalized spacial score (nSPS) is 22.1. The van der Waals surface area contributed by atoms with Crippen LogP contribution in [0.15, 0.2) is 18.2 Å². The van der Waals surface area contributed by atoms with Crippen LogP contribution in [-0.4, -0.2) is 6.10 Å². The lowest BCUT2D eigenvalue weighted by molar-refractivity contribution is 0.0281. The lowest BCUT2D eigenvalue weighted by Crippen LogP contribution is -2.38. The molecule has 0 radical (unpaired) electrons. The molecule has 1 aliphatic carbocycles. The van der Waals surface area contributed by atoms with Crippen molar-refractivity contribution in [2.45, 2.75) is 52.6 Å². The molecule has 1 aromatic rings. The molecule has 0 amide bonds. The predicted octanol–water partition coefficient (Wildman–Crippen LogP) is 4.41. The highest BCUT2D eigenvalue weighted by Crippen LogP contribution is 2.40. The van der Waals surface area contributed by atoms with Crippen molar-refractivity contribution in [1.82, 2.24) is 0 Å². The lowest BCUT2D eigenvalue weighted by Gasteiger charge is -2.40. The Morgan fingerprint density at radius 1 is 1.05 bits per heavy atom. The third kappa shape index (κ3) is 3.56. The second-order valence-corrected chi connectivity index (χ2v) is 6.84. The van der Waals surface area contributed by atoms with Gasteiger partial charge in [-0.1, -0.05) is 27.2 Å². The van der Waals surface area contributed by atoms with Gasteiger partial charge < -0.3 is 4.74 Å². The number of rotatable bonds is 2. The minimum Gasteiger partial charge on any atom is -0.490 e. The van der Waals surface area contributed by atoms with Gasteiger partial charge in [0.05, 0.1) is 11.1 Å². The smallest absolute Gasteiger partial charge is 0.121 e. The molecule has 1 aromatic carbocycles. The first-order valence-corrected chi connectivity index (χ1v) is 7.56. The predicted molar refractivity (Wildman–Crippen MR) is 81.7 cm³/mol. The zero-order valence-corrected chi connectivity index (χ0v) is 13.0. The van der Waals surface area contributed by atoms with E-state index >= 15 is 0 Å². The molecule has 1 aliphatic rings. The van der Waals surface area contributed by atoms with E-state index in [1.54, 1.807) is 18.2 Å². The number of ether oxygens (including phenoxy) is 1. The van der Waals surface area contributed by atoms with Gasteiger partial charge in [-0.15, -0.1) is 0 Å². The van der Waals surface area contributed by atoms with Gasteiger partial charge in [-0.3, -0.25) is 0 Å². The molecule has 0 N–H and O–H groups in total. The molecule has 0 bridgehead atoms. The molecular weight excluding hydrogens is 260 g/mol. The first-order chi connectivity index (χ1) is 9.95. The molecule has 0 aliphatic heterocycles. The highest BCUT2D eigenvalue weighted by Gasteiger charge is 2.35. The quantitative estimate of drug-likeness (QED) is 0.807. The summed E-state index contributed by atoms with van der Waals surface area (Å²) in [6, 6.07) is 9.25. The Labute approximate surface area is 127 Å². The van der Waals surface area contributed by atoms with Gasteiger partial charge >= 0.3 is 0 Å². The number of hydrogen-bond acceptors (Lipinski definition) is 3. The molecule has 21 heavy (non-hydrogen) atoms. The molecule has 3 nitrogen and oxygen atoms in total. The minimum atomic E-state index is 0.193. The third-order valence-electron chi connectivity index (χ3n) is 4.33. The number of nitrogens with zero attached hydrogens (tertiary/aromatic N) is 2. The molecule has 2 atom stereocenters. The van der Waals surface area contributed by atoms with Gasteiger partial charge in [0.15, 0.2) is 0 Å². The van der Waals surface area contributed by atoms with Gasteiger partial charge in [0.1, 0.15) is 24.0 Å². The van der Waals surface area contributed by atoms with Crippen molar-refractivity contribution in [3.05, 3.63) is 29.3 Å². The Kier molecular flexibility index (Phi) is 4.53. The second-order valence-electron chi connectivity index (χ2n) is 6.84. The van der Waals surface area contributed by atoms with Crippen molar-refractivity contribution in [2.24, 2.45) is 11.3 Å². The second kappa shape index (κ2) is 6.19. The molecule has 110 valence electrons. The van der Waals surface area contributed by atoms with Crippen LogP contribution in [0.1, 0.15) is 57.6 Å². The van der Waals surface area contributed by atoms with E-state index in [1.807, 2.05) is 6.07 Å². The largest absolute Gasteiger partial charge is 0.490 e. The van der Waals surface area contributed by atoms with Crippen molar-refractivity contribution in [3.63, 3.8) is 0 Å². The van der Waals surface area contributed by atoms with Gasteiger partial charge in [-0.05, 0) is 42.9 Å². The summed E-state index contributed by atoms with van der Waals surface area (Å²) >= 11 is 0. The fraction of sp³-hybridized carbons (Fsp3) is 0.556. The van der Waals surface area contributed by atoms with E-state index in [0.29, 0.717) is 22.8 Å². The van der Waals surface area contributed by atoms with Crippen LogP contribution in [0.2, 0.25) is 0 Å². The number of nitriles is 2. The van der Waals surface area contributed by atoms with E-state index in [1.165, 1.54) is 19.3 Å². The van der Waals surface area contributed by atoms with Gasteiger partial charge in [0.25, 0.3) is 0 Å². The van der Waals surface area contributed by atoms with Crippen LogP contribution in [0.3, 0.4) is 0 Å². The zero-order valence-electron chi connectivity index (χ0n) is 13.0. The average molecular weight is 282 g/mol. The van der Waals surface area contributed by atoms with Gasteiger partial charge in [-0.25, -0.2) is 0 Å². The van der Waals surface area contributed by atoms with E-state index in [4.69, 9.17) is 15.3 Å². The van der Waals surface area contributed by atoms with Gasteiger partial charge in [0, 0.05) is 5.92 Å². The van der Waals surface area contributed by atoms with Crippen molar-refractivity contribution in [1.29, 1.82) is 10.5 Å². The highest BCUT2D eigenvalue weighted by atomic mass is 16.5. The molecule has 0 aromatic heterocycles. The summed E-state index contributed by atoms with van der Waals surface area (Å²) in [5, 5.41) is 18.1. The van der Waals surface area contributed by atoms with E-state index in [-0.39, 0.29) is 11.5 Å². The molecular formula is C18H22N2O. The molecule has 0 heterocycles. The van der Waals surface area contributed by atoms with E-state index < -0.39 is 0 Å². The van der Waals surface area contributed by atoms with Crippen LogP contribution >= 0.6 is 0 Å². The number of hydrogen-bond donors (Lipinski definition) is 0. The van der Waals surface area contributed by atoms with Crippen LogP contribution in [0, 0.1) is 34.0 Å². The molecule has 0 spiro atoms. The lowest BCUT2D eigenvalue weighted by atomic mass is 9.70. The van der Waals surface area contributed by atoms with E-state index in [0.717, 1.165) is 6.42 Å². The standard InChI is InChI=1S/C18H22N2O/c1-18(2,3)16-6-4-5-7-17(16)21-15-9-8-13(11-19)14(10-15)12-20/h8-10,16-17H,4-7H2,1-3H3. The molecule has 3 heteroatoms. The number of benzene rings is 1. The molecule has 1 fully saturated rings. The minimum absolute atomic E-state index is 0.193. The summed E-state index contributed by atoms with van der Waals surface area (Å²) in [4.78, 5) is 0. The Morgan fingerprint density at radius 3 is 2.33 bits per heavy atom. The maximum absolute atomic E-state index is 9.10. The van der Waals surface area contributed by atoms with Crippen molar-refractivity contribution in [2.75, 3.05) is 0 Å². The first-order valence-electron chi connectivity index (χ1n) is 7.56. The Bertz CT molecular complexity index is 587. The molecule has 1 saturated carbocycles. The summed E-state index contributed by atoms with van der Waals surface area (Å²) in [5.41, 5.74) is 1.01. The maximum Gasteiger partial charge on any atom is 0.121 e. The first kappa shape index (κ1) is 15.4. The van der Waals surface area contributed by atoms with Crippen molar-refractivity contribution in [3.8, 4) is 17.9 Å². The van der Waals surface area contributed by atoms with Gasteiger partial charge in [0.2, 0.25) is 0 Å². The zero-order chi connectivity index (χ0) is 15.5. The summed E-state index contributed by atoms with van der Waals surface area (Å²) in [5.74, 6) is 1.22. The summed E-state index contributed by atoms with van der Waals surface area (Å²) in [7, 11) is 0. The average Bonchev–Trinajstić information content (AvgIpc) is 2.46. The summed E-state index contributed by atoms with van der Waals surface area (Å²) in [6.07, 6.45) is 4.90. The summed E-state index contributed by atoms with van der Waals surface area (Å²) in [6.45, 7) is 6.79. The van der Waals surface area contributed by atoms with E-state index in [2.05, 4.69) is 26.8 Å². The van der Waals surface area contributed by atoms with Crippen LogP contribution in [0.25, 0.3) is 0 Å². The SMILES string of the molecule is CC(C)(C)C1CCCCC1Oc1ccc(C#N)c(C#N)c1.